The minimum absolute atomic E-state index is 0.648. The number of benzene rings is 1. The molecule has 0 aliphatic carbocycles. The van der Waals surface area contributed by atoms with Gasteiger partial charge in [0, 0.05) is 30.9 Å². The zero-order valence-electron chi connectivity index (χ0n) is 12.3. The maximum Gasteiger partial charge on any atom is 0.137 e. The number of nitrogens with zero attached hydrogens (tertiary/aromatic N) is 1. The minimum atomic E-state index is 0.648. The number of rotatable bonds is 8. The molecule has 4 heteroatoms. The molecule has 2 rings (SSSR count). The van der Waals surface area contributed by atoms with Crippen LogP contribution < -0.4 is 10.1 Å². The Morgan fingerprint density at radius 1 is 1.24 bits per heavy atom. The Hall–Kier alpha value is -1.39. The van der Waals surface area contributed by atoms with Crippen LogP contribution in [0.3, 0.4) is 0 Å². The van der Waals surface area contributed by atoms with Crippen LogP contribution in [0, 0.1) is 0 Å². The highest BCUT2D eigenvalue weighted by atomic mass is 79.9. The van der Waals surface area contributed by atoms with Crippen molar-refractivity contribution in [2.24, 2.45) is 0 Å². The van der Waals surface area contributed by atoms with E-state index in [1.54, 1.807) is 6.20 Å². The minimum Gasteiger partial charge on any atom is -0.492 e. The lowest BCUT2D eigenvalue weighted by atomic mass is 10.2. The van der Waals surface area contributed by atoms with E-state index in [9.17, 15) is 0 Å². The predicted molar refractivity (Wildman–Crippen MR) is 89.6 cm³/mol. The van der Waals surface area contributed by atoms with Crippen molar-refractivity contribution in [3.8, 4) is 5.75 Å². The molecule has 0 spiro atoms. The van der Waals surface area contributed by atoms with Gasteiger partial charge in [-0.25, -0.2) is 0 Å². The predicted octanol–water partition coefficient (Wildman–Crippen LogP) is 3.97. The van der Waals surface area contributed by atoms with E-state index in [4.69, 9.17) is 4.74 Å². The summed E-state index contributed by atoms with van der Waals surface area (Å²) in [5.41, 5.74) is 2.37. The smallest absolute Gasteiger partial charge is 0.137 e. The Balaban J connectivity index is 1.94. The third-order valence-electron chi connectivity index (χ3n) is 3.15. The van der Waals surface area contributed by atoms with Gasteiger partial charge in [-0.15, -0.1) is 0 Å². The average Bonchev–Trinajstić information content (AvgIpc) is 2.51. The Morgan fingerprint density at radius 3 is 2.90 bits per heavy atom. The molecule has 0 aliphatic heterocycles. The lowest BCUT2D eigenvalue weighted by Crippen LogP contribution is -2.15. The van der Waals surface area contributed by atoms with Gasteiger partial charge in [-0.05, 0) is 46.6 Å². The molecule has 0 fully saturated rings. The highest BCUT2D eigenvalue weighted by molar-refractivity contribution is 9.10. The average molecular weight is 349 g/mol. The molecule has 0 saturated carbocycles. The van der Waals surface area contributed by atoms with E-state index >= 15 is 0 Å². The number of pyridine rings is 1. The monoisotopic (exact) mass is 348 g/mol. The summed E-state index contributed by atoms with van der Waals surface area (Å²) in [5.74, 6) is 0.935. The third-order valence-corrected chi connectivity index (χ3v) is 3.78. The van der Waals surface area contributed by atoms with Gasteiger partial charge in [0.15, 0.2) is 0 Å². The molecule has 112 valence electrons. The molecule has 0 bridgehead atoms. The largest absolute Gasteiger partial charge is 0.492 e. The van der Waals surface area contributed by atoms with Gasteiger partial charge in [-0.1, -0.05) is 25.1 Å². The molecule has 1 heterocycles. The highest BCUT2D eigenvalue weighted by Crippen LogP contribution is 2.29. The zero-order valence-corrected chi connectivity index (χ0v) is 13.9. The first kappa shape index (κ1) is 16.0. The molecule has 21 heavy (non-hydrogen) atoms. The molecule has 0 radical (unpaired) electrons. The van der Waals surface area contributed by atoms with E-state index in [1.807, 2.05) is 24.4 Å². The Kier molecular flexibility index (Phi) is 6.70. The quantitative estimate of drug-likeness (QED) is 0.733. The van der Waals surface area contributed by atoms with Crippen molar-refractivity contribution in [1.29, 1.82) is 0 Å². The molecule has 1 N–H and O–H groups in total. The summed E-state index contributed by atoms with van der Waals surface area (Å²) in [7, 11) is 0. The molecule has 0 amide bonds. The number of halogens is 1. The van der Waals surface area contributed by atoms with E-state index in [1.165, 1.54) is 11.1 Å². The van der Waals surface area contributed by atoms with Crippen LogP contribution in [0.4, 0.5) is 0 Å². The van der Waals surface area contributed by atoms with Crippen LogP contribution >= 0.6 is 15.9 Å². The van der Waals surface area contributed by atoms with Crippen LogP contribution in [-0.4, -0.2) is 18.1 Å². The summed E-state index contributed by atoms with van der Waals surface area (Å²) in [6.07, 6.45) is 5.66. The molecule has 3 nitrogen and oxygen atoms in total. The molecule has 2 aromatic rings. The van der Waals surface area contributed by atoms with Gasteiger partial charge < -0.3 is 10.1 Å². The highest BCUT2D eigenvalue weighted by Gasteiger charge is 2.08. The normalized spacial score (nSPS) is 10.6. The third kappa shape index (κ3) is 5.14. The topological polar surface area (TPSA) is 34.1 Å². The first-order valence-electron chi connectivity index (χ1n) is 7.31. The van der Waals surface area contributed by atoms with E-state index in [0.29, 0.717) is 6.61 Å². The fourth-order valence-electron chi connectivity index (χ4n) is 2.07. The summed E-state index contributed by atoms with van der Waals surface area (Å²) in [5, 5.41) is 3.42. The van der Waals surface area contributed by atoms with Crippen molar-refractivity contribution >= 4 is 15.9 Å². The van der Waals surface area contributed by atoms with E-state index in [0.717, 1.165) is 36.2 Å². The van der Waals surface area contributed by atoms with E-state index < -0.39 is 0 Å². The maximum absolute atomic E-state index is 5.99. The molecular formula is C17H21BrN2O. The van der Waals surface area contributed by atoms with Crippen LogP contribution in [0.15, 0.2) is 47.2 Å². The lowest BCUT2D eigenvalue weighted by Gasteiger charge is -2.14. The zero-order chi connectivity index (χ0) is 14.9. The summed E-state index contributed by atoms with van der Waals surface area (Å²) in [4.78, 5) is 4.12. The molecule has 1 aromatic heterocycles. The van der Waals surface area contributed by atoms with Gasteiger partial charge in [0.25, 0.3) is 0 Å². The van der Waals surface area contributed by atoms with Gasteiger partial charge in [-0.3, -0.25) is 4.98 Å². The Bertz CT molecular complexity index is 546. The van der Waals surface area contributed by atoms with Gasteiger partial charge in [0.05, 0.1) is 11.1 Å². The summed E-state index contributed by atoms with van der Waals surface area (Å²) >= 11 is 3.58. The van der Waals surface area contributed by atoms with Crippen molar-refractivity contribution in [3.63, 3.8) is 0 Å². The van der Waals surface area contributed by atoms with Crippen molar-refractivity contribution < 1.29 is 4.74 Å². The summed E-state index contributed by atoms with van der Waals surface area (Å²) in [6, 6.07) is 10.2. The molecule has 0 unspecified atom stereocenters. The number of aromatic nitrogens is 1. The maximum atomic E-state index is 5.99. The second-order valence-corrected chi connectivity index (χ2v) is 5.72. The van der Waals surface area contributed by atoms with E-state index in [2.05, 4.69) is 45.3 Å². The molecule has 0 aliphatic rings. The fourth-order valence-corrected chi connectivity index (χ4v) is 2.59. The van der Waals surface area contributed by atoms with E-state index in [-0.39, 0.29) is 0 Å². The second-order valence-electron chi connectivity index (χ2n) is 4.86. The van der Waals surface area contributed by atoms with Crippen LogP contribution in [0.25, 0.3) is 0 Å². The molecule has 1 aromatic carbocycles. The van der Waals surface area contributed by atoms with Gasteiger partial charge >= 0.3 is 0 Å². The standard InChI is InChI=1S/C17H21BrN2O/c1-2-9-19-13-15-6-3-7-16(18)17(15)21-11-8-14-5-4-10-20-12-14/h3-7,10,12,19H,2,8-9,11,13H2,1H3. The van der Waals surface area contributed by atoms with Crippen molar-refractivity contribution in [2.75, 3.05) is 13.2 Å². The van der Waals surface area contributed by atoms with Gasteiger partial charge in [0.2, 0.25) is 0 Å². The summed E-state index contributed by atoms with van der Waals surface area (Å²) in [6.45, 7) is 4.66. The van der Waals surface area contributed by atoms with Crippen molar-refractivity contribution in [1.82, 2.24) is 10.3 Å². The van der Waals surface area contributed by atoms with Gasteiger partial charge in [-0.2, -0.15) is 0 Å². The molecule has 0 atom stereocenters. The van der Waals surface area contributed by atoms with Crippen molar-refractivity contribution in [2.45, 2.75) is 26.3 Å². The summed E-state index contributed by atoms with van der Waals surface area (Å²) < 4.78 is 6.99. The second kappa shape index (κ2) is 8.80. The molecular weight excluding hydrogens is 328 g/mol. The lowest BCUT2D eigenvalue weighted by molar-refractivity contribution is 0.315. The number of nitrogens with one attached hydrogen (secondary N) is 1. The van der Waals surface area contributed by atoms with Crippen LogP contribution in [0.1, 0.15) is 24.5 Å². The van der Waals surface area contributed by atoms with Gasteiger partial charge in [0.1, 0.15) is 5.75 Å². The van der Waals surface area contributed by atoms with Crippen molar-refractivity contribution in [3.05, 3.63) is 58.3 Å². The Morgan fingerprint density at radius 2 is 2.14 bits per heavy atom. The number of para-hydroxylation sites is 1. The molecule has 0 saturated heterocycles. The number of hydrogen-bond acceptors (Lipinski definition) is 3. The number of hydrogen-bond donors (Lipinski definition) is 1. The number of ether oxygens (including phenoxy) is 1. The first-order chi connectivity index (χ1) is 10.3. The van der Waals surface area contributed by atoms with Crippen LogP contribution in [0.5, 0.6) is 5.75 Å². The van der Waals surface area contributed by atoms with Crippen LogP contribution in [-0.2, 0) is 13.0 Å². The fraction of sp³-hybridized carbons (Fsp3) is 0.353. The Labute approximate surface area is 134 Å². The van der Waals surface area contributed by atoms with Crippen LogP contribution in [0.2, 0.25) is 0 Å². The SMILES string of the molecule is CCCNCc1cccc(Br)c1OCCc1cccnc1. The first-order valence-corrected chi connectivity index (χ1v) is 8.10.